The number of hydrogen-bond acceptors (Lipinski definition) is 2. The average Bonchev–Trinajstić information content (AvgIpc) is 2.48. The van der Waals surface area contributed by atoms with Crippen molar-refractivity contribution in [2.24, 2.45) is 0 Å². The van der Waals surface area contributed by atoms with Gasteiger partial charge in [0.05, 0.1) is 0 Å². The molecule has 94 valence electrons. The normalized spacial score (nSPS) is 12.3. The molecular formula is C17H15NO. The molecule has 1 unspecified atom stereocenters. The van der Waals surface area contributed by atoms with Crippen molar-refractivity contribution in [3.63, 3.8) is 0 Å². The van der Waals surface area contributed by atoms with E-state index in [0.29, 0.717) is 5.88 Å². The van der Waals surface area contributed by atoms with Crippen molar-refractivity contribution < 1.29 is 4.74 Å². The lowest BCUT2D eigenvalue weighted by molar-refractivity contribution is 0.221. The molecule has 2 aromatic carbocycles. The van der Waals surface area contributed by atoms with E-state index in [1.54, 1.807) is 6.20 Å². The Morgan fingerprint density at radius 2 is 1.63 bits per heavy atom. The summed E-state index contributed by atoms with van der Waals surface area (Å²) in [6.07, 6.45) is 1.77. The van der Waals surface area contributed by atoms with E-state index < -0.39 is 0 Å². The van der Waals surface area contributed by atoms with Crippen molar-refractivity contribution >= 4 is 10.8 Å². The Kier molecular flexibility index (Phi) is 3.15. The Morgan fingerprint density at radius 3 is 2.47 bits per heavy atom. The molecule has 19 heavy (non-hydrogen) atoms. The lowest BCUT2D eigenvalue weighted by Crippen LogP contribution is -2.04. The van der Waals surface area contributed by atoms with Crippen molar-refractivity contribution in [1.82, 2.24) is 4.98 Å². The summed E-state index contributed by atoms with van der Waals surface area (Å²) in [5.74, 6) is 0.689. The topological polar surface area (TPSA) is 22.1 Å². The summed E-state index contributed by atoms with van der Waals surface area (Å²) in [7, 11) is 0. The van der Waals surface area contributed by atoms with Crippen LogP contribution in [0.2, 0.25) is 0 Å². The fraction of sp³-hybridized carbons (Fsp3) is 0.118. The number of pyridine rings is 1. The van der Waals surface area contributed by atoms with Crippen LogP contribution >= 0.6 is 0 Å². The van der Waals surface area contributed by atoms with Crippen molar-refractivity contribution in [3.05, 3.63) is 72.4 Å². The summed E-state index contributed by atoms with van der Waals surface area (Å²) >= 11 is 0. The van der Waals surface area contributed by atoms with Gasteiger partial charge in [0.15, 0.2) is 0 Å². The SMILES string of the molecule is CC(Oc1nccc2ccccc12)c1ccccc1. The van der Waals surface area contributed by atoms with E-state index in [1.165, 1.54) is 0 Å². The molecule has 3 rings (SSSR count). The van der Waals surface area contributed by atoms with Gasteiger partial charge in [-0.1, -0.05) is 48.5 Å². The summed E-state index contributed by atoms with van der Waals surface area (Å²) in [5.41, 5.74) is 1.15. The number of hydrogen-bond donors (Lipinski definition) is 0. The molecular weight excluding hydrogens is 234 g/mol. The molecule has 3 aromatic rings. The molecule has 0 aliphatic carbocycles. The molecule has 0 saturated carbocycles. The minimum absolute atomic E-state index is 0.0143. The lowest BCUT2D eigenvalue weighted by atomic mass is 10.1. The smallest absolute Gasteiger partial charge is 0.221 e. The molecule has 0 fully saturated rings. The third-order valence-electron chi connectivity index (χ3n) is 3.19. The molecule has 0 N–H and O–H groups in total. The zero-order valence-electron chi connectivity index (χ0n) is 10.8. The van der Waals surface area contributed by atoms with Gasteiger partial charge in [0, 0.05) is 11.6 Å². The highest BCUT2D eigenvalue weighted by atomic mass is 16.5. The summed E-state index contributed by atoms with van der Waals surface area (Å²) in [6, 6.07) is 20.3. The summed E-state index contributed by atoms with van der Waals surface area (Å²) in [4.78, 5) is 4.35. The minimum Gasteiger partial charge on any atom is -0.469 e. The van der Waals surface area contributed by atoms with Crippen LogP contribution in [0.4, 0.5) is 0 Å². The predicted molar refractivity (Wildman–Crippen MR) is 77.2 cm³/mol. The van der Waals surface area contributed by atoms with E-state index in [1.807, 2.05) is 49.4 Å². The van der Waals surface area contributed by atoms with E-state index in [2.05, 4.69) is 23.2 Å². The Hall–Kier alpha value is -2.35. The largest absolute Gasteiger partial charge is 0.469 e. The third-order valence-corrected chi connectivity index (χ3v) is 3.19. The fourth-order valence-electron chi connectivity index (χ4n) is 2.15. The summed E-state index contributed by atoms with van der Waals surface area (Å²) in [6.45, 7) is 2.04. The van der Waals surface area contributed by atoms with Crippen LogP contribution in [0.1, 0.15) is 18.6 Å². The summed E-state index contributed by atoms with van der Waals surface area (Å²) < 4.78 is 6.00. The number of fused-ring (bicyclic) bond motifs is 1. The second kappa shape index (κ2) is 5.11. The maximum absolute atomic E-state index is 6.00. The first-order chi connectivity index (χ1) is 9.34. The van der Waals surface area contributed by atoms with Crippen molar-refractivity contribution in [3.8, 4) is 5.88 Å². The quantitative estimate of drug-likeness (QED) is 0.687. The standard InChI is InChI=1S/C17H15NO/c1-13(14-7-3-2-4-8-14)19-17-16-10-6-5-9-15(16)11-12-18-17/h2-13H,1H3. The molecule has 2 heteroatoms. The molecule has 0 aliphatic heterocycles. The van der Waals surface area contributed by atoms with Crippen LogP contribution in [0.5, 0.6) is 5.88 Å². The van der Waals surface area contributed by atoms with Gasteiger partial charge in [-0.3, -0.25) is 0 Å². The molecule has 2 nitrogen and oxygen atoms in total. The zero-order valence-corrected chi connectivity index (χ0v) is 10.8. The second-order valence-electron chi connectivity index (χ2n) is 4.51. The minimum atomic E-state index is -0.0143. The first kappa shape index (κ1) is 11.7. The molecule has 1 aromatic heterocycles. The van der Waals surface area contributed by atoms with Crippen LogP contribution in [0.15, 0.2) is 66.9 Å². The van der Waals surface area contributed by atoms with E-state index in [9.17, 15) is 0 Å². The number of aromatic nitrogens is 1. The zero-order chi connectivity index (χ0) is 13.1. The van der Waals surface area contributed by atoms with Crippen LogP contribution < -0.4 is 4.74 Å². The first-order valence-electron chi connectivity index (χ1n) is 6.40. The highest BCUT2D eigenvalue weighted by molar-refractivity contribution is 5.86. The maximum Gasteiger partial charge on any atom is 0.221 e. The van der Waals surface area contributed by atoms with Crippen molar-refractivity contribution in [2.75, 3.05) is 0 Å². The van der Waals surface area contributed by atoms with Gasteiger partial charge in [0.25, 0.3) is 0 Å². The second-order valence-corrected chi connectivity index (χ2v) is 4.51. The lowest BCUT2D eigenvalue weighted by Gasteiger charge is -2.15. The Labute approximate surface area is 112 Å². The van der Waals surface area contributed by atoms with Gasteiger partial charge in [0.2, 0.25) is 5.88 Å². The first-order valence-corrected chi connectivity index (χ1v) is 6.40. The van der Waals surface area contributed by atoms with Crippen LogP contribution in [0, 0.1) is 0 Å². The van der Waals surface area contributed by atoms with Crippen LogP contribution in [-0.4, -0.2) is 4.98 Å². The molecule has 0 radical (unpaired) electrons. The Bertz CT molecular complexity index is 674. The highest BCUT2D eigenvalue weighted by Gasteiger charge is 2.09. The average molecular weight is 249 g/mol. The molecule has 0 aliphatic rings. The monoisotopic (exact) mass is 249 g/mol. The van der Waals surface area contributed by atoms with E-state index in [4.69, 9.17) is 4.74 Å². The van der Waals surface area contributed by atoms with Gasteiger partial charge in [-0.25, -0.2) is 4.98 Å². The number of nitrogens with zero attached hydrogens (tertiary/aromatic N) is 1. The highest BCUT2D eigenvalue weighted by Crippen LogP contribution is 2.27. The van der Waals surface area contributed by atoms with Gasteiger partial charge in [-0.2, -0.15) is 0 Å². The third kappa shape index (κ3) is 2.43. The van der Waals surface area contributed by atoms with Crippen molar-refractivity contribution in [2.45, 2.75) is 13.0 Å². The van der Waals surface area contributed by atoms with E-state index in [0.717, 1.165) is 16.3 Å². The van der Waals surface area contributed by atoms with E-state index in [-0.39, 0.29) is 6.10 Å². The Balaban J connectivity index is 1.94. The molecule has 1 atom stereocenters. The molecule has 0 spiro atoms. The van der Waals surface area contributed by atoms with Gasteiger partial charge in [-0.05, 0) is 30.0 Å². The van der Waals surface area contributed by atoms with Gasteiger partial charge < -0.3 is 4.74 Å². The van der Waals surface area contributed by atoms with E-state index >= 15 is 0 Å². The van der Waals surface area contributed by atoms with Gasteiger partial charge >= 0.3 is 0 Å². The van der Waals surface area contributed by atoms with Gasteiger partial charge in [0.1, 0.15) is 6.10 Å². The van der Waals surface area contributed by atoms with Crippen LogP contribution in [-0.2, 0) is 0 Å². The van der Waals surface area contributed by atoms with Crippen LogP contribution in [0.3, 0.4) is 0 Å². The number of ether oxygens (including phenoxy) is 1. The molecule has 1 heterocycles. The molecule has 0 saturated heterocycles. The number of benzene rings is 2. The fourth-order valence-corrected chi connectivity index (χ4v) is 2.15. The maximum atomic E-state index is 6.00. The Morgan fingerprint density at radius 1 is 0.895 bits per heavy atom. The predicted octanol–water partition coefficient (Wildman–Crippen LogP) is 4.37. The van der Waals surface area contributed by atoms with Crippen LogP contribution in [0.25, 0.3) is 10.8 Å². The number of rotatable bonds is 3. The van der Waals surface area contributed by atoms with Gasteiger partial charge in [-0.15, -0.1) is 0 Å². The van der Waals surface area contributed by atoms with Crippen molar-refractivity contribution in [1.29, 1.82) is 0 Å². The molecule has 0 amide bonds. The summed E-state index contributed by atoms with van der Waals surface area (Å²) in [5, 5.41) is 2.19. The molecule has 0 bridgehead atoms.